The lowest BCUT2D eigenvalue weighted by molar-refractivity contribution is -0.395. The van der Waals surface area contributed by atoms with Gasteiger partial charge in [-0.15, -0.1) is 11.3 Å². The van der Waals surface area contributed by atoms with Gasteiger partial charge < -0.3 is 10.1 Å². The van der Waals surface area contributed by atoms with E-state index in [-0.39, 0.29) is 5.56 Å². The van der Waals surface area contributed by atoms with Gasteiger partial charge in [0.2, 0.25) is 0 Å². The average molecular weight is 430 g/mol. The topological polar surface area (TPSA) is 165 Å². The molecule has 2 aromatic rings. The Labute approximate surface area is 173 Å². The van der Waals surface area contributed by atoms with Crippen molar-refractivity contribution >= 4 is 39.6 Å². The summed E-state index contributed by atoms with van der Waals surface area (Å²) in [6, 6.07) is 3.79. The van der Waals surface area contributed by atoms with Crippen LogP contribution in [0.15, 0.2) is 12.1 Å². The van der Waals surface area contributed by atoms with Gasteiger partial charge in [-0.05, 0) is 31.7 Å². The summed E-state index contributed by atoms with van der Waals surface area (Å²) in [7, 11) is 0. The van der Waals surface area contributed by atoms with Gasteiger partial charge in [-0.3, -0.25) is 25.0 Å². The molecule has 1 aromatic carbocycles. The summed E-state index contributed by atoms with van der Waals surface area (Å²) in [5.74, 6) is -1.82. The lowest BCUT2D eigenvalue weighted by Crippen LogP contribution is -2.21. The molecule has 1 N–H and O–H groups in total. The van der Waals surface area contributed by atoms with Crippen LogP contribution in [0, 0.1) is 38.5 Å². The number of thiophene rings is 1. The van der Waals surface area contributed by atoms with Crippen molar-refractivity contribution in [1.82, 2.24) is 0 Å². The molecule has 30 heavy (non-hydrogen) atoms. The molecule has 0 bridgehead atoms. The van der Waals surface area contributed by atoms with Gasteiger partial charge in [0, 0.05) is 17.0 Å². The number of aryl methyl sites for hydroxylation is 1. The van der Waals surface area contributed by atoms with Crippen LogP contribution in [0.3, 0.4) is 0 Å². The van der Waals surface area contributed by atoms with E-state index in [1.807, 2.05) is 0 Å². The van der Waals surface area contributed by atoms with Gasteiger partial charge in [-0.25, -0.2) is 4.79 Å². The number of nitro groups is 2. The molecule has 12 heteroatoms. The molecule has 0 fully saturated rings. The predicted molar refractivity (Wildman–Crippen MR) is 104 cm³/mol. The Bertz CT molecular complexity index is 1100. The lowest BCUT2D eigenvalue weighted by atomic mass is 10.1. The molecule has 1 aliphatic carbocycles. The fourth-order valence-electron chi connectivity index (χ4n) is 3.17. The first-order valence-electron chi connectivity index (χ1n) is 8.68. The number of fused-ring (bicyclic) bond motifs is 1. The van der Waals surface area contributed by atoms with Crippen LogP contribution < -0.4 is 5.32 Å². The number of anilines is 1. The quantitative estimate of drug-likeness (QED) is 0.415. The molecule has 0 spiro atoms. The monoisotopic (exact) mass is 430 g/mol. The summed E-state index contributed by atoms with van der Waals surface area (Å²) in [5, 5.41) is 34.4. The van der Waals surface area contributed by atoms with Crippen LogP contribution in [0.25, 0.3) is 0 Å². The zero-order chi connectivity index (χ0) is 22.0. The Morgan fingerprint density at radius 2 is 1.87 bits per heavy atom. The Morgan fingerprint density at radius 1 is 1.23 bits per heavy atom. The Hall–Kier alpha value is -3.85. The first-order chi connectivity index (χ1) is 14.2. The Kier molecular flexibility index (Phi) is 5.74. The number of carbonyl (C=O) groups excluding carboxylic acids is 2. The third kappa shape index (κ3) is 3.96. The van der Waals surface area contributed by atoms with E-state index in [1.165, 1.54) is 18.3 Å². The van der Waals surface area contributed by atoms with Crippen molar-refractivity contribution in [2.24, 2.45) is 0 Å². The van der Waals surface area contributed by atoms with Gasteiger partial charge in [0.25, 0.3) is 17.3 Å². The van der Waals surface area contributed by atoms with E-state index >= 15 is 0 Å². The highest BCUT2D eigenvalue weighted by molar-refractivity contribution is 7.16. The van der Waals surface area contributed by atoms with Gasteiger partial charge in [0.05, 0.1) is 21.0 Å². The highest BCUT2D eigenvalue weighted by Gasteiger charge is 2.27. The summed E-state index contributed by atoms with van der Waals surface area (Å²) in [4.78, 5) is 45.9. The fraction of sp³-hybridized carbons (Fsp3) is 0.278. The minimum atomic E-state index is -1.12. The summed E-state index contributed by atoms with van der Waals surface area (Å²) in [6.45, 7) is 0.478. The molecule has 0 saturated heterocycles. The van der Waals surface area contributed by atoms with Gasteiger partial charge in [0.15, 0.2) is 6.61 Å². The van der Waals surface area contributed by atoms with Crippen LogP contribution in [0.4, 0.5) is 16.4 Å². The molecule has 154 valence electrons. The molecule has 0 unspecified atom stereocenters. The number of benzene rings is 1. The molecule has 0 radical (unpaired) electrons. The number of esters is 1. The van der Waals surface area contributed by atoms with Gasteiger partial charge in [0.1, 0.15) is 16.6 Å². The molecule has 1 aromatic heterocycles. The maximum absolute atomic E-state index is 12.2. The SMILES string of the molecule is Cc1c([N+](=O)[O-])cc(C(=O)OCC(=O)Nc2sc3c(c2C#N)CCC3)cc1[N+](=O)[O-]. The number of nitrogens with zero attached hydrogens (tertiary/aromatic N) is 3. The minimum Gasteiger partial charge on any atom is -0.452 e. The van der Waals surface area contributed by atoms with Crippen LogP contribution in [-0.4, -0.2) is 28.3 Å². The zero-order valence-corrected chi connectivity index (χ0v) is 16.4. The standard InChI is InChI=1S/C18H14N4O7S/c1-9-13(21(25)26)5-10(6-14(9)22(27)28)18(24)29-8-16(23)20-17-12(7-19)11-3-2-4-15(11)30-17/h5-6H,2-4,8H2,1H3,(H,20,23). The number of nitro benzene ring substituents is 2. The van der Waals surface area contributed by atoms with Crippen LogP contribution in [-0.2, 0) is 22.4 Å². The Morgan fingerprint density at radius 3 is 2.43 bits per heavy atom. The number of hydrogen-bond acceptors (Lipinski definition) is 9. The van der Waals surface area contributed by atoms with E-state index in [0.29, 0.717) is 10.6 Å². The van der Waals surface area contributed by atoms with E-state index in [9.17, 15) is 35.1 Å². The summed E-state index contributed by atoms with van der Waals surface area (Å²) in [5.41, 5.74) is -0.501. The van der Waals surface area contributed by atoms with Crippen LogP contribution >= 0.6 is 11.3 Å². The lowest BCUT2D eigenvalue weighted by Gasteiger charge is -2.07. The van der Waals surface area contributed by atoms with E-state index in [1.54, 1.807) is 0 Å². The third-order valence-electron chi connectivity index (χ3n) is 4.60. The van der Waals surface area contributed by atoms with Crippen molar-refractivity contribution in [1.29, 1.82) is 5.26 Å². The van der Waals surface area contributed by atoms with Crippen LogP contribution in [0.1, 0.15) is 38.3 Å². The van der Waals surface area contributed by atoms with Gasteiger partial charge in [-0.1, -0.05) is 0 Å². The largest absolute Gasteiger partial charge is 0.452 e. The molecule has 1 heterocycles. The normalized spacial score (nSPS) is 12.0. The molecular weight excluding hydrogens is 416 g/mol. The van der Waals surface area contributed by atoms with Gasteiger partial charge in [-0.2, -0.15) is 5.26 Å². The summed E-state index contributed by atoms with van der Waals surface area (Å²) >= 11 is 1.30. The Balaban J connectivity index is 1.72. The maximum Gasteiger partial charge on any atom is 0.339 e. The number of ether oxygens (including phenoxy) is 1. The number of hydrogen-bond donors (Lipinski definition) is 1. The average Bonchev–Trinajstić information content (AvgIpc) is 3.26. The molecular formula is C18H14N4O7S. The maximum atomic E-state index is 12.2. The zero-order valence-electron chi connectivity index (χ0n) is 15.6. The molecule has 0 atom stereocenters. The first kappa shape index (κ1) is 20.9. The molecule has 3 rings (SSSR count). The van der Waals surface area contributed by atoms with E-state index in [2.05, 4.69) is 11.4 Å². The van der Waals surface area contributed by atoms with Crippen molar-refractivity contribution in [3.63, 3.8) is 0 Å². The number of amides is 1. The van der Waals surface area contributed by atoms with Crippen molar-refractivity contribution < 1.29 is 24.2 Å². The second-order valence-corrected chi connectivity index (χ2v) is 7.56. The second kappa shape index (κ2) is 8.26. The highest BCUT2D eigenvalue weighted by Crippen LogP contribution is 2.38. The molecule has 1 aliphatic rings. The smallest absolute Gasteiger partial charge is 0.339 e. The van der Waals surface area contributed by atoms with Crippen LogP contribution in [0.2, 0.25) is 0 Å². The van der Waals surface area contributed by atoms with E-state index < -0.39 is 45.3 Å². The number of nitrogens with one attached hydrogen (secondary N) is 1. The highest BCUT2D eigenvalue weighted by atomic mass is 32.1. The number of rotatable bonds is 6. The summed E-state index contributed by atoms with van der Waals surface area (Å²) < 4.78 is 4.85. The second-order valence-electron chi connectivity index (χ2n) is 6.45. The first-order valence-corrected chi connectivity index (χ1v) is 9.49. The van der Waals surface area contributed by atoms with Crippen molar-refractivity contribution in [2.45, 2.75) is 26.2 Å². The molecule has 1 amide bonds. The van der Waals surface area contributed by atoms with E-state index in [4.69, 9.17) is 4.74 Å². The molecule has 0 saturated carbocycles. The van der Waals surface area contributed by atoms with Crippen molar-refractivity contribution in [2.75, 3.05) is 11.9 Å². The third-order valence-corrected chi connectivity index (χ3v) is 5.81. The van der Waals surface area contributed by atoms with Crippen LogP contribution in [0.5, 0.6) is 0 Å². The van der Waals surface area contributed by atoms with Crippen molar-refractivity contribution in [3.05, 3.63) is 59.5 Å². The molecule has 11 nitrogen and oxygen atoms in total. The van der Waals surface area contributed by atoms with Crippen molar-refractivity contribution in [3.8, 4) is 6.07 Å². The van der Waals surface area contributed by atoms with E-state index in [0.717, 1.165) is 41.8 Å². The summed E-state index contributed by atoms with van der Waals surface area (Å²) in [6.07, 6.45) is 2.56. The van der Waals surface area contributed by atoms with Gasteiger partial charge >= 0.3 is 5.97 Å². The minimum absolute atomic E-state index is 0.200. The fourth-order valence-corrected chi connectivity index (χ4v) is 4.42. The number of carbonyl (C=O) groups is 2. The molecule has 0 aliphatic heterocycles. The predicted octanol–water partition coefficient (Wildman–Crippen LogP) is 3.03. The number of nitriles is 1.